The molecule has 0 spiro atoms. The lowest BCUT2D eigenvalue weighted by Gasteiger charge is -2.23. The Balaban J connectivity index is 1.31. The van der Waals surface area contributed by atoms with Crippen molar-refractivity contribution in [2.75, 3.05) is 20.1 Å². The summed E-state index contributed by atoms with van der Waals surface area (Å²) < 4.78 is 5.36. The van der Waals surface area contributed by atoms with Gasteiger partial charge in [0.1, 0.15) is 0 Å². The molecule has 1 aliphatic carbocycles. The van der Waals surface area contributed by atoms with Crippen LogP contribution in [0.5, 0.6) is 0 Å². The lowest BCUT2D eigenvalue weighted by Crippen LogP contribution is -2.34. The fourth-order valence-corrected chi connectivity index (χ4v) is 4.40. The van der Waals surface area contributed by atoms with Gasteiger partial charge in [0, 0.05) is 36.5 Å². The molecule has 130 valence electrons. The van der Waals surface area contributed by atoms with Crippen LogP contribution in [0.25, 0.3) is 0 Å². The van der Waals surface area contributed by atoms with Gasteiger partial charge in [-0.1, -0.05) is 5.16 Å². The van der Waals surface area contributed by atoms with Gasteiger partial charge in [-0.3, -0.25) is 9.80 Å². The number of likely N-dealkylation sites (tertiary alicyclic amines) is 1. The van der Waals surface area contributed by atoms with E-state index in [1.807, 2.05) is 11.3 Å². The number of hydrogen-bond donors (Lipinski definition) is 0. The Bertz CT molecular complexity index is 708. The van der Waals surface area contributed by atoms with Crippen LogP contribution in [-0.4, -0.2) is 51.1 Å². The molecule has 0 aromatic carbocycles. The van der Waals surface area contributed by atoms with E-state index >= 15 is 0 Å². The number of nitrogens with zero attached hydrogens (tertiary/aromatic N) is 5. The Morgan fingerprint density at radius 1 is 1.25 bits per heavy atom. The van der Waals surface area contributed by atoms with Crippen molar-refractivity contribution >= 4 is 11.3 Å². The van der Waals surface area contributed by atoms with Crippen molar-refractivity contribution in [2.45, 2.75) is 58.2 Å². The fourth-order valence-electron chi connectivity index (χ4n) is 3.42. The third-order valence-corrected chi connectivity index (χ3v) is 6.10. The summed E-state index contributed by atoms with van der Waals surface area (Å²) >= 11 is 1.83. The lowest BCUT2D eigenvalue weighted by molar-refractivity contribution is 0.216. The molecule has 24 heavy (non-hydrogen) atoms. The van der Waals surface area contributed by atoms with Gasteiger partial charge in [0.05, 0.1) is 17.2 Å². The van der Waals surface area contributed by atoms with E-state index in [0.29, 0.717) is 12.0 Å². The third kappa shape index (κ3) is 3.53. The number of aryl methyl sites for hydroxylation is 2. The molecule has 3 heterocycles. The average molecular weight is 347 g/mol. The molecule has 0 N–H and O–H groups in total. The Kier molecular flexibility index (Phi) is 4.40. The summed E-state index contributed by atoms with van der Waals surface area (Å²) in [6.45, 7) is 8.24. The lowest BCUT2D eigenvalue weighted by atomic mass is 10.2. The second kappa shape index (κ2) is 6.54. The zero-order valence-electron chi connectivity index (χ0n) is 14.7. The molecular formula is C17H25N5OS. The largest absolute Gasteiger partial charge is 0.339 e. The van der Waals surface area contributed by atoms with Gasteiger partial charge in [-0.05, 0) is 40.2 Å². The van der Waals surface area contributed by atoms with E-state index in [0.717, 1.165) is 37.9 Å². The number of hydrogen-bond acceptors (Lipinski definition) is 7. The van der Waals surface area contributed by atoms with Crippen molar-refractivity contribution in [3.63, 3.8) is 0 Å². The van der Waals surface area contributed by atoms with Crippen molar-refractivity contribution in [1.29, 1.82) is 0 Å². The molecule has 2 aromatic rings. The van der Waals surface area contributed by atoms with E-state index in [-0.39, 0.29) is 0 Å². The van der Waals surface area contributed by atoms with Crippen LogP contribution in [0.2, 0.25) is 0 Å². The van der Waals surface area contributed by atoms with Gasteiger partial charge >= 0.3 is 0 Å². The van der Waals surface area contributed by atoms with E-state index < -0.39 is 0 Å². The number of aromatic nitrogens is 3. The van der Waals surface area contributed by atoms with Crippen molar-refractivity contribution in [2.24, 2.45) is 0 Å². The van der Waals surface area contributed by atoms with E-state index in [9.17, 15) is 0 Å². The zero-order chi connectivity index (χ0) is 16.7. The maximum atomic E-state index is 5.36. The standard InChI is InChI=1S/C17H25N5OS/c1-11-15(24-12(2)18-11)9-22-7-6-14(8-22)21(3)10-16-19-17(23-20-16)13-4-5-13/h13-14H,4-10H2,1-3H3/t14-/m0/s1. The minimum atomic E-state index is 0.532. The highest BCUT2D eigenvalue weighted by atomic mass is 32.1. The second-order valence-corrected chi connectivity index (χ2v) is 8.45. The molecule has 6 nitrogen and oxygen atoms in total. The summed E-state index contributed by atoms with van der Waals surface area (Å²) in [5, 5.41) is 5.31. The van der Waals surface area contributed by atoms with Crippen molar-refractivity contribution in [3.8, 4) is 0 Å². The molecule has 1 saturated heterocycles. The molecule has 0 bridgehead atoms. The van der Waals surface area contributed by atoms with Crippen LogP contribution < -0.4 is 0 Å². The molecule has 2 aliphatic rings. The molecule has 1 saturated carbocycles. The third-order valence-electron chi connectivity index (χ3n) is 5.04. The highest BCUT2D eigenvalue weighted by Crippen LogP contribution is 2.38. The molecule has 4 rings (SSSR count). The van der Waals surface area contributed by atoms with Crippen molar-refractivity contribution in [3.05, 3.63) is 27.3 Å². The van der Waals surface area contributed by atoms with Gasteiger partial charge in [-0.2, -0.15) is 4.98 Å². The van der Waals surface area contributed by atoms with E-state index in [1.165, 1.54) is 34.8 Å². The zero-order valence-corrected chi connectivity index (χ0v) is 15.5. The summed E-state index contributed by atoms with van der Waals surface area (Å²) in [5.41, 5.74) is 1.19. The first-order chi connectivity index (χ1) is 11.6. The van der Waals surface area contributed by atoms with Gasteiger partial charge in [-0.15, -0.1) is 11.3 Å². The fraction of sp³-hybridized carbons (Fsp3) is 0.706. The maximum Gasteiger partial charge on any atom is 0.229 e. The van der Waals surface area contributed by atoms with Crippen LogP contribution in [0.3, 0.4) is 0 Å². The van der Waals surface area contributed by atoms with Gasteiger partial charge < -0.3 is 4.52 Å². The van der Waals surface area contributed by atoms with E-state index in [2.05, 4.69) is 45.8 Å². The smallest absolute Gasteiger partial charge is 0.229 e. The molecule has 2 fully saturated rings. The predicted octanol–water partition coefficient (Wildman–Crippen LogP) is 2.73. The van der Waals surface area contributed by atoms with Crippen molar-refractivity contribution < 1.29 is 4.52 Å². The van der Waals surface area contributed by atoms with Gasteiger partial charge in [0.15, 0.2) is 5.82 Å². The normalized spacial score (nSPS) is 21.9. The van der Waals surface area contributed by atoms with E-state index in [4.69, 9.17) is 4.52 Å². The molecule has 1 aliphatic heterocycles. The average Bonchev–Trinajstić information content (AvgIpc) is 2.96. The number of likely N-dealkylation sites (N-methyl/N-ethyl adjacent to an activating group) is 1. The predicted molar refractivity (Wildman–Crippen MR) is 93.0 cm³/mol. The minimum absolute atomic E-state index is 0.532. The van der Waals surface area contributed by atoms with Crippen LogP contribution in [0.4, 0.5) is 0 Å². The Labute approximate surface area is 146 Å². The topological polar surface area (TPSA) is 58.3 Å². The van der Waals surface area contributed by atoms with Crippen LogP contribution >= 0.6 is 11.3 Å². The van der Waals surface area contributed by atoms with Crippen LogP contribution in [0, 0.1) is 13.8 Å². The SMILES string of the molecule is Cc1nc(C)c(CN2CC[C@H](N(C)Cc3noc(C4CC4)n3)C2)s1. The summed E-state index contributed by atoms with van der Waals surface area (Å²) in [4.78, 5) is 15.4. The first kappa shape index (κ1) is 16.2. The molecule has 2 aromatic heterocycles. The Hall–Kier alpha value is -1.31. The number of thiazole rings is 1. The van der Waals surface area contributed by atoms with Gasteiger partial charge in [0.2, 0.25) is 5.89 Å². The highest BCUT2D eigenvalue weighted by Gasteiger charge is 2.31. The monoisotopic (exact) mass is 347 g/mol. The van der Waals surface area contributed by atoms with Gasteiger partial charge in [-0.25, -0.2) is 4.98 Å². The van der Waals surface area contributed by atoms with Crippen LogP contribution in [-0.2, 0) is 13.1 Å². The Morgan fingerprint density at radius 3 is 2.79 bits per heavy atom. The molecular weight excluding hydrogens is 322 g/mol. The molecule has 0 amide bonds. The molecule has 0 unspecified atom stereocenters. The van der Waals surface area contributed by atoms with Gasteiger partial charge in [0.25, 0.3) is 0 Å². The summed E-state index contributed by atoms with van der Waals surface area (Å²) in [7, 11) is 2.17. The van der Waals surface area contributed by atoms with Crippen LogP contribution in [0.15, 0.2) is 4.52 Å². The minimum Gasteiger partial charge on any atom is -0.339 e. The van der Waals surface area contributed by atoms with Crippen LogP contribution in [0.1, 0.15) is 52.5 Å². The molecule has 0 radical (unpaired) electrons. The first-order valence-corrected chi connectivity index (χ1v) is 9.58. The first-order valence-electron chi connectivity index (χ1n) is 8.76. The summed E-state index contributed by atoms with van der Waals surface area (Å²) in [6.07, 6.45) is 3.59. The summed E-state index contributed by atoms with van der Waals surface area (Å²) in [5.74, 6) is 2.19. The Morgan fingerprint density at radius 2 is 2.08 bits per heavy atom. The van der Waals surface area contributed by atoms with Crippen molar-refractivity contribution in [1.82, 2.24) is 24.9 Å². The summed E-state index contributed by atoms with van der Waals surface area (Å²) in [6, 6.07) is 0.558. The number of rotatable bonds is 6. The quantitative estimate of drug-likeness (QED) is 0.801. The van der Waals surface area contributed by atoms with E-state index in [1.54, 1.807) is 0 Å². The maximum absolute atomic E-state index is 5.36. The second-order valence-electron chi connectivity index (χ2n) is 7.16. The highest BCUT2D eigenvalue weighted by molar-refractivity contribution is 7.11. The molecule has 1 atom stereocenters. The molecule has 7 heteroatoms.